The number of hydrogen-bond acceptors (Lipinski definition) is 3. The quantitative estimate of drug-likeness (QED) is 0.844. The highest BCUT2D eigenvalue weighted by Gasteiger charge is 2.32. The van der Waals surface area contributed by atoms with Crippen LogP contribution in [-0.4, -0.2) is 11.5 Å². The predicted octanol–water partition coefficient (Wildman–Crippen LogP) is 3.76. The van der Waals surface area contributed by atoms with Crippen molar-refractivity contribution in [3.8, 4) is 0 Å². The summed E-state index contributed by atoms with van der Waals surface area (Å²) in [6, 6.07) is 0.407. The van der Waals surface area contributed by atoms with Crippen molar-refractivity contribution in [2.75, 3.05) is 6.54 Å². The maximum absolute atomic E-state index is 4.37. The maximum Gasteiger partial charge on any atom is 0.109 e. The van der Waals surface area contributed by atoms with Crippen molar-refractivity contribution >= 4 is 11.3 Å². The molecule has 0 spiro atoms. The van der Waals surface area contributed by atoms with E-state index in [1.54, 1.807) is 11.3 Å². The molecular formula is C13H22N2S. The van der Waals surface area contributed by atoms with Gasteiger partial charge in [-0.2, -0.15) is 0 Å². The lowest BCUT2D eigenvalue weighted by Gasteiger charge is -2.29. The summed E-state index contributed by atoms with van der Waals surface area (Å²) >= 11 is 1.75. The number of nitrogens with one attached hydrogen (secondary N) is 1. The molecule has 90 valence electrons. The van der Waals surface area contributed by atoms with Gasteiger partial charge in [0, 0.05) is 18.1 Å². The highest BCUT2D eigenvalue weighted by atomic mass is 32.1. The van der Waals surface area contributed by atoms with Crippen molar-refractivity contribution in [2.24, 2.45) is 5.41 Å². The van der Waals surface area contributed by atoms with Crippen LogP contribution in [-0.2, 0) is 0 Å². The Bertz CT molecular complexity index is 302. The molecule has 0 saturated heterocycles. The first-order valence-corrected chi connectivity index (χ1v) is 7.26. The molecule has 1 heterocycles. The summed E-state index contributed by atoms with van der Waals surface area (Å²) in [6.45, 7) is 5.71. The van der Waals surface area contributed by atoms with E-state index in [-0.39, 0.29) is 0 Å². The normalized spacial score (nSPS) is 21.1. The molecule has 0 bridgehead atoms. The van der Waals surface area contributed by atoms with Crippen molar-refractivity contribution in [3.63, 3.8) is 0 Å². The Kier molecular flexibility index (Phi) is 3.98. The van der Waals surface area contributed by atoms with Crippen molar-refractivity contribution in [1.29, 1.82) is 0 Å². The molecule has 2 rings (SSSR count). The Morgan fingerprint density at radius 3 is 2.81 bits per heavy atom. The van der Waals surface area contributed by atoms with E-state index in [1.165, 1.54) is 37.1 Å². The minimum Gasteiger partial charge on any atom is -0.308 e. The Morgan fingerprint density at radius 1 is 1.50 bits per heavy atom. The SMILES string of the molecule is CCC1(CNC(C)c2nccs2)CCCC1. The van der Waals surface area contributed by atoms with Crippen LogP contribution in [0, 0.1) is 5.41 Å². The number of aromatic nitrogens is 1. The first kappa shape index (κ1) is 12.1. The van der Waals surface area contributed by atoms with Gasteiger partial charge in [0.1, 0.15) is 5.01 Å². The van der Waals surface area contributed by atoms with Gasteiger partial charge in [0.2, 0.25) is 0 Å². The van der Waals surface area contributed by atoms with E-state index in [1.807, 2.05) is 6.20 Å². The zero-order valence-electron chi connectivity index (χ0n) is 10.3. The molecule has 0 aliphatic heterocycles. The monoisotopic (exact) mass is 238 g/mol. The molecule has 0 radical (unpaired) electrons. The van der Waals surface area contributed by atoms with Crippen LogP contribution in [0.1, 0.15) is 57.0 Å². The van der Waals surface area contributed by atoms with E-state index in [0.29, 0.717) is 11.5 Å². The van der Waals surface area contributed by atoms with Gasteiger partial charge in [-0.05, 0) is 31.6 Å². The number of rotatable bonds is 5. The Labute approximate surface area is 102 Å². The van der Waals surface area contributed by atoms with Crippen molar-refractivity contribution in [2.45, 2.75) is 52.0 Å². The molecule has 1 unspecified atom stereocenters. The Hall–Kier alpha value is -0.410. The van der Waals surface area contributed by atoms with Crippen LogP contribution in [0.5, 0.6) is 0 Å². The second kappa shape index (κ2) is 5.28. The lowest BCUT2D eigenvalue weighted by atomic mass is 9.83. The van der Waals surface area contributed by atoms with Gasteiger partial charge in [-0.1, -0.05) is 19.8 Å². The standard InChI is InChI=1S/C13H22N2S/c1-3-13(6-4-5-7-13)10-15-11(2)12-14-8-9-16-12/h8-9,11,15H,3-7,10H2,1-2H3. The molecule has 1 N–H and O–H groups in total. The van der Waals surface area contributed by atoms with Gasteiger partial charge >= 0.3 is 0 Å². The summed E-state index contributed by atoms with van der Waals surface area (Å²) in [7, 11) is 0. The molecule has 1 aliphatic rings. The number of hydrogen-bond donors (Lipinski definition) is 1. The first-order valence-electron chi connectivity index (χ1n) is 6.38. The Balaban J connectivity index is 1.86. The summed E-state index contributed by atoms with van der Waals surface area (Å²) in [4.78, 5) is 4.37. The molecule has 1 aliphatic carbocycles. The van der Waals surface area contributed by atoms with Crippen molar-refractivity contribution < 1.29 is 0 Å². The summed E-state index contributed by atoms with van der Waals surface area (Å²) < 4.78 is 0. The molecule has 2 nitrogen and oxygen atoms in total. The molecule has 1 aromatic rings. The maximum atomic E-state index is 4.37. The largest absolute Gasteiger partial charge is 0.308 e. The summed E-state index contributed by atoms with van der Waals surface area (Å²) in [5.41, 5.74) is 0.575. The van der Waals surface area contributed by atoms with Crippen LogP contribution in [0.25, 0.3) is 0 Å². The Morgan fingerprint density at radius 2 is 2.25 bits per heavy atom. The second-order valence-corrected chi connectivity index (χ2v) is 5.96. The molecule has 1 aromatic heterocycles. The third kappa shape index (κ3) is 2.64. The lowest BCUT2D eigenvalue weighted by molar-refractivity contribution is 0.258. The van der Waals surface area contributed by atoms with Crippen LogP contribution >= 0.6 is 11.3 Å². The van der Waals surface area contributed by atoms with Gasteiger partial charge in [-0.25, -0.2) is 4.98 Å². The summed E-state index contributed by atoms with van der Waals surface area (Å²) in [6.07, 6.45) is 8.85. The second-order valence-electron chi connectivity index (χ2n) is 5.03. The van der Waals surface area contributed by atoms with Gasteiger partial charge in [0.05, 0.1) is 6.04 Å². The molecule has 0 amide bonds. The third-order valence-corrected chi connectivity index (χ3v) is 4.98. The van der Waals surface area contributed by atoms with Gasteiger partial charge in [0.15, 0.2) is 0 Å². The minimum atomic E-state index is 0.407. The third-order valence-electron chi connectivity index (χ3n) is 4.02. The van der Waals surface area contributed by atoms with Crippen LogP contribution in [0.2, 0.25) is 0 Å². The van der Waals surface area contributed by atoms with E-state index in [0.717, 1.165) is 6.54 Å². The molecule has 16 heavy (non-hydrogen) atoms. The average molecular weight is 238 g/mol. The van der Waals surface area contributed by atoms with Gasteiger partial charge in [-0.3, -0.25) is 0 Å². The van der Waals surface area contributed by atoms with E-state index in [9.17, 15) is 0 Å². The highest BCUT2D eigenvalue weighted by Crippen LogP contribution is 2.40. The van der Waals surface area contributed by atoms with E-state index < -0.39 is 0 Å². The zero-order valence-corrected chi connectivity index (χ0v) is 11.1. The van der Waals surface area contributed by atoms with Crippen LogP contribution in [0.4, 0.5) is 0 Å². The molecule has 1 fully saturated rings. The van der Waals surface area contributed by atoms with E-state index >= 15 is 0 Å². The van der Waals surface area contributed by atoms with Crippen LogP contribution < -0.4 is 5.32 Å². The molecular weight excluding hydrogens is 216 g/mol. The molecule has 1 atom stereocenters. The number of nitrogens with zero attached hydrogens (tertiary/aromatic N) is 1. The van der Waals surface area contributed by atoms with Crippen LogP contribution in [0.3, 0.4) is 0 Å². The molecule has 1 saturated carbocycles. The highest BCUT2D eigenvalue weighted by molar-refractivity contribution is 7.09. The fraction of sp³-hybridized carbons (Fsp3) is 0.769. The minimum absolute atomic E-state index is 0.407. The zero-order chi connectivity index (χ0) is 11.4. The van der Waals surface area contributed by atoms with Gasteiger partial charge in [-0.15, -0.1) is 11.3 Å². The van der Waals surface area contributed by atoms with Gasteiger partial charge in [0.25, 0.3) is 0 Å². The smallest absolute Gasteiger partial charge is 0.109 e. The fourth-order valence-electron chi connectivity index (χ4n) is 2.69. The van der Waals surface area contributed by atoms with Gasteiger partial charge < -0.3 is 5.32 Å². The summed E-state index contributed by atoms with van der Waals surface area (Å²) in [5, 5.41) is 6.93. The fourth-order valence-corrected chi connectivity index (χ4v) is 3.36. The topological polar surface area (TPSA) is 24.9 Å². The average Bonchev–Trinajstić information content (AvgIpc) is 2.98. The van der Waals surface area contributed by atoms with Crippen molar-refractivity contribution in [3.05, 3.63) is 16.6 Å². The van der Waals surface area contributed by atoms with Crippen LogP contribution in [0.15, 0.2) is 11.6 Å². The van der Waals surface area contributed by atoms with E-state index in [2.05, 4.69) is 29.5 Å². The summed E-state index contributed by atoms with van der Waals surface area (Å²) in [5.74, 6) is 0. The lowest BCUT2D eigenvalue weighted by Crippen LogP contribution is -2.33. The van der Waals surface area contributed by atoms with E-state index in [4.69, 9.17) is 0 Å². The molecule has 0 aromatic carbocycles. The molecule has 3 heteroatoms. The van der Waals surface area contributed by atoms with Crippen molar-refractivity contribution in [1.82, 2.24) is 10.3 Å². The predicted molar refractivity (Wildman–Crippen MR) is 69.7 cm³/mol. The number of thiazole rings is 1. The first-order chi connectivity index (χ1) is 7.76.